The molecule has 1 heterocycles. The van der Waals surface area contributed by atoms with Gasteiger partial charge in [-0.3, -0.25) is 9.40 Å². The molecule has 1 aromatic heterocycles. The normalized spacial score (nSPS) is 11.6. The largest absolute Gasteiger partial charge is 0.266 e. The van der Waals surface area contributed by atoms with Crippen molar-refractivity contribution in [2.24, 2.45) is 0 Å². The number of nitrogens with one attached hydrogen (secondary N) is 1. The van der Waals surface area contributed by atoms with Crippen LogP contribution in [0.25, 0.3) is 0 Å². The second-order valence-corrected chi connectivity index (χ2v) is 9.25. The van der Waals surface area contributed by atoms with Gasteiger partial charge in [-0.1, -0.05) is 34.1 Å². The number of aromatic nitrogens is 2. The van der Waals surface area contributed by atoms with Gasteiger partial charge in [0.25, 0.3) is 10.0 Å². The van der Waals surface area contributed by atoms with Crippen molar-refractivity contribution in [2.75, 3.05) is 4.72 Å². The fraction of sp³-hybridized carbons (Fsp3) is 0.250. The van der Waals surface area contributed by atoms with Gasteiger partial charge in [-0.25, -0.2) is 8.42 Å². The molecule has 3 rings (SSSR count). The van der Waals surface area contributed by atoms with Crippen molar-refractivity contribution in [3.63, 3.8) is 0 Å². The minimum absolute atomic E-state index is 0.310. The van der Waals surface area contributed by atoms with E-state index in [0.29, 0.717) is 17.3 Å². The molecule has 27 heavy (non-hydrogen) atoms. The summed E-state index contributed by atoms with van der Waals surface area (Å²) in [5, 5.41) is 4.36. The highest BCUT2D eigenvalue weighted by atomic mass is 79.9. The smallest absolute Gasteiger partial charge is 0.263 e. The van der Waals surface area contributed by atoms with Crippen LogP contribution in [0, 0.1) is 27.7 Å². The average Bonchev–Trinajstić information content (AvgIpc) is 3.01. The first-order valence-electron chi connectivity index (χ1n) is 8.55. The molecular formula is C20H22BrN3O2S. The van der Waals surface area contributed by atoms with E-state index in [9.17, 15) is 8.42 Å². The van der Waals surface area contributed by atoms with E-state index in [2.05, 4.69) is 25.8 Å². The van der Waals surface area contributed by atoms with Crippen molar-refractivity contribution in [3.8, 4) is 0 Å². The molecule has 0 saturated carbocycles. The summed E-state index contributed by atoms with van der Waals surface area (Å²) < 4.78 is 31.3. The maximum atomic E-state index is 13.0. The van der Waals surface area contributed by atoms with E-state index in [-0.39, 0.29) is 0 Å². The van der Waals surface area contributed by atoms with Crippen molar-refractivity contribution >= 4 is 31.8 Å². The molecule has 0 fully saturated rings. The lowest BCUT2D eigenvalue weighted by Gasteiger charge is -2.15. The first-order valence-corrected chi connectivity index (χ1v) is 10.8. The first kappa shape index (κ1) is 19.6. The molecule has 1 N–H and O–H groups in total. The summed E-state index contributed by atoms with van der Waals surface area (Å²) in [7, 11) is -3.72. The van der Waals surface area contributed by atoms with Crippen molar-refractivity contribution in [1.29, 1.82) is 0 Å². The van der Waals surface area contributed by atoms with Crippen LogP contribution >= 0.6 is 15.9 Å². The molecule has 0 aliphatic rings. The van der Waals surface area contributed by atoms with Crippen LogP contribution in [-0.2, 0) is 16.6 Å². The zero-order valence-corrected chi connectivity index (χ0v) is 18.1. The van der Waals surface area contributed by atoms with E-state index < -0.39 is 10.0 Å². The minimum Gasteiger partial charge on any atom is -0.266 e. The molecule has 3 aromatic rings. The van der Waals surface area contributed by atoms with Crippen LogP contribution in [0.3, 0.4) is 0 Å². The Morgan fingerprint density at radius 2 is 1.59 bits per heavy atom. The molecule has 7 heteroatoms. The highest BCUT2D eigenvalue weighted by Crippen LogP contribution is 2.27. The second kappa shape index (κ2) is 7.48. The fourth-order valence-corrected chi connectivity index (χ4v) is 4.93. The van der Waals surface area contributed by atoms with Gasteiger partial charge in [-0.05, 0) is 67.6 Å². The van der Waals surface area contributed by atoms with Crippen LogP contribution in [0.5, 0.6) is 0 Å². The molecule has 2 aromatic carbocycles. The summed E-state index contributed by atoms with van der Waals surface area (Å²) in [5.74, 6) is 0.310. The van der Waals surface area contributed by atoms with E-state index in [1.807, 2.05) is 58.0 Å². The lowest BCUT2D eigenvalue weighted by molar-refractivity contribution is 0.599. The molecule has 0 aliphatic heterocycles. The molecule has 0 amide bonds. The van der Waals surface area contributed by atoms with E-state index in [1.165, 1.54) is 0 Å². The van der Waals surface area contributed by atoms with Gasteiger partial charge in [-0.15, -0.1) is 0 Å². The number of hydrogen-bond donors (Lipinski definition) is 1. The van der Waals surface area contributed by atoms with Crippen molar-refractivity contribution in [2.45, 2.75) is 39.1 Å². The molecule has 0 atom stereocenters. The zero-order valence-electron chi connectivity index (χ0n) is 15.7. The number of anilines is 1. The number of nitrogens with zero attached hydrogens (tertiary/aromatic N) is 2. The zero-order chi connectivity index (χ0) is 19.8. The SMILES string of the molecule is Cc1cc(C)c(C)c(S(=O)(=O)Nc2ccn(Cc3ccc(Br)cc3)n2)c1C. The van der Waals surface area contributed by atoms with Crippen LogP contribution < -0.4 is 4.72 Å². The van der Waals surface area contributed by atoms with Gasteiger partial charge in [0.1, 0.15) is 0 Å². The van der Waals surface area contributed by atoms with Gasteiger partial charge in [0.15, 0.2) is 5.82 Å². The van der Waals surface area contributed by atoms with Crippen molar-refractivity contribution in [3.05, 3.63) is 74.9 Å². The molecule has 0 spiro atoms. The lowest BCUT2D eigenvalue weighted by Crippen LogP contribution is -2.17. The standard InChI is InChI=1S/C20H22BrN3O2S/c1-13-11-14(2)16(4)20(15(13)3)27(25,26)23-19-9-10-24(22-19)12-17-5-7-18(21)8-6-17/h5-11H,12H2,1-4H3,(H,22,23). The minimum atomic E-state index is -3.72. The van der Waals surface area contributed by atoms with Gasteiger partial charge in [-0.2, -0.15) is 5.10 Å². The predicted molar refractivity (Wildman–Crippen MR) is 112 cm³/mol. The third-order valence-electron chi connectivity index (χ3n) is 4.70. The third kappa shape index (κ3) is 4.25. The summed E-state index contributed by atoms with van der Waals surface area (Å²) in [5.41, 5.74) is 4.52. The van der Waals surface area contributed by atoms with Gasteiger partial charge >= 0.3 is 0 Å². The second-order valence-electron chi connectivity index (χ2n) is 6.72. The Labute approximate surface area is 168 Å². The van der Waals surface area contributed by atoms with Crippen LogP contribution in [0.2, 0.25) is 0 Å². The monoisotopic (exact) mass is 447 g/mol. The molecule has 0 unspecified atom stereocenters. The van der Waals surface area contributed by atoms with Gasteiger partial charge < -0.3 is 0 Å². The van der Waals surface area contributed by atoms with E-state index >= 15 is 0 Å². The summed E-state index contributed by atoms with van der Waals surface area (Å²) in [6.45, 7) is 8.09. The summed E-state index contributed by atoms with van der Waals surface area (Å²) in [6.07, 6.45) is 1.76. The van der Waals surface area contributed by atoms with Gasteiger partial charge in [0.05, 0.1) is 11.4 Å². The fourth-order valence-electron chi connectivity index (χ4n) is 3.05. The van der Waals surface area contributed by atoms with Gasteiger partial charge in [0, 0.05) is 16.7 Å². The van der Waals surface area contributed by atoms with E-state index in [4.69, 9.17) is 0 Å². The maximum Gasteiger partial charge on any atom is 0.263 e. The Hall–Kier alpha value is -2.12. The molecule has 5 nitrogen and oxygen atoms in total. The van der Waals surface area contributed by atoms with Crippen molar-refractivity contribution in [1.82, 2.24) is 9.78 Å². The highest BCUT2D eigenvalue weighted by Gasteiger charge is 2.23. The summed E-state index contributed by atoms with van der Waals surface area (Å²) >= 11 is 3.41. The Bertz CT molecular complexity index is 1060. The summed E-state index contributed by atoms with van der Waals surface area (Å²) in [4.78, 5) is 0.336. The van der Waals surface area contributed by atoms with E-state index in [0.717, 1.165) is 32.3 Å². The number of halogens is 1. The Morgan fingerprint density at radius 1 is 1.00 bits per heavy atom. The van der Waals surface area contributed by atoms with Crippen LogP contribution in [0.4, 0.5) is 5.82 Å². The lowest BCUT2D eigenvalue weighted by atomic mass is 10.0. The molecular weight excluding hydrogens is 426 g/mol. The Morgan fingerprint density at radius 3 is 2.19 bits per heavy atom. The number of benzene rings is 2. The number of hydrogen-bond acceptors (Lipinski definition) is 3. The average molecular weight is 448 g/mol. The highest BCUT2D eigenvalue weighted by molar-refractivity contribution is 9.10. The Kier molecular flexibility index (Phi) is 5.44. The Balaban J connectivity index is 1.86. The van der Waals surface area contributed by atoms with E-state index in [1.54, 1.807) is 16.9 Å². The maximum absolute atomic E-state index is 13.0. The summed E-state index contributed by atoms with van der Waals surface area (Å²) in [6, 6.07) is 11.6. The third-order valence-corrected chi connectivity index (χ3v) is 6.86. The van der Waals surface area contributed by atoms with Crippen molar-refractivity contribution < 1.29 is 8.42 Å². The first-order chi connectivity index (χ1) is 12.7. The van der Waals surface area contributed by atoms with Crippen LogP contribution in [0.15, 0.2) is 52.0 Å². The molecule has 0 aliphatic carbocycles. The van der Waals surface area contributed by atoms with Gasteiger partial charge in [0.2, 0.25) is 0 Å². The molecule has 0 saturated heterocycles. The molecule has 142 valence electrons. The predicted octanol–water partition coefficient (Wildman–Crippen LogP) is 4.73. The van der Waals surface area contributed by atoms with Crippen LogP contribution in [0.1, 0.15) is 27.8 Å². The van der Waals surface area contributed by atoms with Crippen LogP contribution in [-0.4, -0.2) is 18.2 Å². The molecule has 0 radical (unpaired) electrons. The number of aryl methyl sites for hydroxylation is 2. The topological polar surface area (TPSA) is 64.0 Å². The number of rotatable bonds is 5. The number of sulfonamides is 1. The molecule has 0 bridgehead atoms. The quantitative estimate of drug-likeness (QED) is 0.614.